The van der Waals surface area contributed by atoms with Gasteiger partial charge in [0.25, 0.3) is 11.8 Å². The van der Waals surface area contributed by atoms with Crippen molar-refractivity contribution in [3.63, 3.8) is 0 Å². The van der Waals surface area contributed by atoms with E-state index < -0.39 is 11.8 Å². The first-order valence-corrected chi connectivity index (χ1v) is 9.84. The van der Waals surface area contributed by atoms with Crippen molar-refractivity contribution in [2.24, 2.45) is 0 Å². The summed E-state index contributed by atoms with van der Waals surface area (Å²) in [6.07, 6.45) is 6.30. The summed E-state index contributed by atoms with van der Waals surface area (Å²) in [4.78, 5) is 26.7. The number of amides is 2. The first-order valence-electron chi connectivity index (χ1n) is 9.84. The molecule has 5 heteroatoms. The average molecular weight is 376 g/mol. The smallest absolute Gasteiger partial charge is 0.267 e. The number of nitrogens with zero attached hydrogens (tertiary/aromatic N) is 1. The minimum Gasteiger partial charge on any atom is -0.509 e. The number of benzene rings is 2. The number of rotatable bonds is 4. The van der Waals surface area contributed by atoms with E-state index in [0.29, 0.717) is 17.3 Å². The van der Waals surface area contributed by atoms with Gasteiger partial charge >= 0.3 is 0 Å². The topological polar surface area (TPSA) is 69.6 Å². The Morgan fingerprint density at radius 3 is 2.32 bits per heavy atom. The summed E-state index contributed by atoms with van der Waals surface area (Å²) < 4.78 is 0. The second-order valence-electron chi connectivity index (χ2n) is 7.46. The summed E-state index contributed by atoms with van der Waals surface area (Å²) in [7, 11) is 0. The van der Waals surface area contributed by atoms with Crippen LogP contribution in [0.1, 0.15) is 43.6 Å². The maximum atomic E-state index is 12.7. The molecule has 0 spiro atoms. The van der Waals surface area contributed by atoms with Crippen LogP contribution in [0.15, 0.2) is 65.9 Å². The number of hydrogen-bond acceptors (Lipinski definition) is 3. The molecule has 28 heavy (non-hydrogen) atoms. The second kappa shape index (κ2) is 7.89. The van der Waals surface area contributed by atoms with Crippen molar-refractivity contribution >= 4 is 23.2 Å². The van der Waals surface area contributed by atoms with Crippen LogP contribution in [-0.4, -0.2) is 23.5 Å². The molecule has 2 aromatic carbocycles. The van der Waals surface area contributed by atoms with Gasteiger partial charge in [-0.1, -0.05) is 49.6 Å². The predicted octanol–water partition coefficient (Wildman–Crippen LogP) is 4.53. The van der Waals surface area contributed by atoms with Crippen LogP contribution in [0.25, 0.3) is 0 Å². The maximum absolute atomic E-state index is 12.7. The first-order chi connectivity index (χ1) is 13.6. The van der Waals surface area contributed by atoms with Gasteiger partial charge < -0.3 is 15.3 Å². The van der Waals surface area contributed by atoms with E-state index in [-0.39, 0.29) is 17.9 Å². The summed E-state index contributed by atoms with van der Waals surface area (Å²) in [6, 6.07) is 16.9. The Bertz CT molecular complexity index is 897. The fourth-order valence-electron chi connectivity index (χ4n) is 4.07. The molecule has 2 aliphatic rings. The van der Waals surface area contributed by atoms with E-state index in [1.54, 1.807) is 12.1 Å². The quantitative estimate of drug-likeness (QED) is 0.770. The highest BCUT2D eigenvalue weighted by molar-refractivity contribution is 6.29. The summed E-state index contributed by atoms with van der Waals surface area (Å²) in [6.45, 7) is 0.00617. The van der Waals surface area contributed by atoms with E-state index in [4.69, 9.17) is 0 Å². The maximum Gasteiger partial charge on any atom is 0.267 e. The standard InChI is InChI=1S/C23H24N2O3/c26-20-15-25(19-9-5-2-6-10-19)23(28)21(20)22(27)24-18-13-11-17(12-14-18)16-7-3-1-4-8-16/h2,5-6,9-14,16,26H,1,3-4,7-8,15H2,(H,24,27). The molecule has 2 N–H and O–H groups in total. The Balaban J connectivity index is 1.44. The lowest BCUT2D eigenvalue weighted by Crippen LogP contribution is -2.30. The van der Waals surface area contributed by atoms with Crippen molar-refractivity contribution in [2.45, 2.75) is 38.0 Å². The van der Waals surface area contributed by atoms with E-state index in [9.17, 15) is 14.7 Å². The van der Waals surface area contributed by atoms with Gasteiger partial charge in [0.05, 0.1) is 6.54 Å². The third-order valence-electron chi connectivity index (χ3n) is 5.60. The van der Waals surface area contributed by atoms with Crippen molar-refractivity contribution < 1.29 is 14.7 Å². The Kier molecular flexibility index (Phi) is 5.15. The zero-order valence-corrected chi connectivity index (χ0v) is 15.7. The SMILES string of the molecule is O=C(Nc1ccc(C2CCCCC2)cc1)C1=C(O)CN(c2ccccc2)C1=O. The molecule has 1 saturated carbocycles. The van der Waals surface area contributed by atoms with Crippen LogP contribution in [0, 0.1) is 0 Å². The molecule has 2 amide bonds. The van der Waals surface area contributed by atoms with Crippen LogP contribution in [0.5, 0.6) is 0 Å². The molecule has 144 valence electrons. The van der Waals surface area contributed by atoms with Gasteiger partial charge in [-0.05, 0) is 48.6 Å². The van der Waals surface area contributed by atoms with Gasteiger partial charge in [0.15, 0.2) is 0 Å². The highest BCUT2D eigenvalue weighted by Gasteiger charge is 2.36. The van der Waals surface area contributed by atoms with Crippen molar-refractivity contribution in [3.05, 3.63) is 71.5 Å². The number of aliphatic hydroxyl groups excluding tert-OH is 1. The zero-order chi connectivity index (χ0) is 19.5. The fourth-order valence-corrected chi connectivity index (χ4v) is 4.07. The summed E-state index contributed by atoms with van der Waals surface area (Å²) >= 11 is 0. The van der Waals surface area contributed by atoms with Gasteiger partial charge in [-0.25, -0.2) is 0 Å². The molecule has 0 aromatic heterocycles. The Morgan fingerprint density at radius 2 is 1.64 bits per heavy atom. The van der Waals surface area contributed by atoms with Crippen LogP contribution in [0.2, 0.25) is 0 Å². The van der Waals surface area contributed by atoms with E-state index in [2.05, 4.69) is 5.32 Å². The molecule has 5 nitrogen and oxygen atoms in total. The Morgan fingerprint density at radius 1 is 0.964 bits per heavy atom. The highest BCUT2D eigenvalue weighted by Crippen LogP contribution is 2.33. The minimum absolute atomic E-state index is 0.00617. The molecule has 1 aliphatic carbocycles. The normalized spacial score (nSPS) is 17.9. The highest BCUT2D eigenvalue weighted by atomic mass is 16.3. The molecule has 0 saturated heterocycles. The minimum atomic E-state index is -0.577. The predicted molar refractivity (Wildman–Crippen MR) is 109 cm³/mol. The van der Waals surface area contributed by atoms with E-state index in [1.165, 1.54) is 42.6 Å². The van der Waals surface area contributed by atoms with Crippen LogP contribution >= 0.6 is 0 Å². The van der Waals surface area contributed by atoms with Gasteiger partial charge in [0.1, 0.15) is 11.3 Å². The second-order valence-corrected chi connectivity index (χ2v) is 7.46. The number of carbonyl (C=O) groups is 2. The largest absolute Gasteiger partial charge is 0.509 e. The van der Waals surface area contributed by atoms with Crippen molar-refractivity contribution in [3.8, 4) is 0 Å². The average Bonchev–Trinajstić information content (AvgIpc) is 3.04. The van der Waals surface area contributed by atoms with Crippen LogP contribution < -0.4 is 10.2 Å². The molecular weight excluding hydrogens is 352 g/mol. The third-order valence-corrected chi connectivity index (χ3v) is 5.60. The van der Waals surface area contributed by atoms with E-state index in [1.807, 2.05) is 42.5 Å². The van der Waals surface area contributed by atoms with Crippen LogP contribution in [-0.2, 0) is 9.59 Å². The lowest BCUT2D eigenvalue weighted by atomic mass is 9.84. The Labute approximate surface area is 164 Å². The van der Waals surface area contributed by atoms with Crippen LogP contribution in [0.3, 0.4) is 0 Å². The number of para-hydroxylation sites is 1. The lowest BCUT2D eigenvalue weighted by molar-refractivity contribution is -0.119. The molecule has 2 aromatic rings. The molecule has 1 aliphatic heterocycles. The Hall–Kier alpha value is -3.08. The molecule has 1 fully saturated rings. The number of nitrogens with one attached hydrogen (secondary N) is 1. The molecule has 0 atom stereocenters. The van der Waals surface area contributed by atoms with E-state index in [0.717, 1.165) is 0 Å². The summed E-state index contributed by atoms with van der Waals surface area (Å²) in [5, 5.41) is 13.0. The van der Waals surface area contributed by atoms with Gasteiger partial charge in [0, 0.05) is 11.4 Å². The van der Waals surface area contributed by atoms with Gasteiger partial charge in [-0.3, -0.25) is 9.59 Å². The summed E-state index contributed by atoms with van der Waals surface area (Å²) in [5.41, 5.74) is 2.38. The van der Waals surface area contributed by atoms with Crippen molar-refractivity contribution in [2.75, 3.05) is 16.8 Å². The zero-order valence-electron chi connectivity index (χ0n) is 15.7. The molecule has 4 rings (SSSR count). The van der Waals surface area contributed by atoms with Gasteiger partial charge in [0.2, 0.25) is 0 Å². The molecule has 0 bridgehead atoms. The number of hydrogen-bond donors (Lipinski definition) is 2. The monoisotopic (exact) mass is 376 g/mol. The third kappa shape index (κ3) is 3.65. The molecule has 0 unspecified atom stereocenters. The number of anilines is 2. The number of aliphatic hydroxyl groups is 1. The fraction of sp³-hybridized carbons (Fsp3) is 0.304. The van der Waals surface area contributed by atoms with Gasteiger partial charge in [-0.15, -0.1) is 0 Å². The van der Waals surface area contributed by atoms with Gasteiger partial charge in [-0.2, -0.15) is 0 Å². The molecule has 1 heterocycles. The number of carbonyl (C=O) groups excluding carboxylic acids is 2. The van der Waals surface area contributed by atoms with Crippen LogP contribution in [0.4, 0.5) is 11.4 Å². The van der Waals surface area contributed by atoms with Crippen molar-refractivity contribution in [1.82, 2.24) is 0 Å². The summed E-state index contributed by atoms with van der Waals surface area (Å²) in [5.74, 6) is -0.669. The van der Waals surface area contributed by atoms with E-state index >= 15 is 0 Å². The first kappa shape index (κ1) is 18.3. The lowest BCUT2D eigenvalue weighted by Gasteiger charge is -2.22. The molecule has 0 radical (unpaired) electrons. The van der Waals surface area contributed by atoms with Crippen molar-refractivity contribution in [1.29, 1.82) is 0 Å². The molecular formula is C23H24N2O3.